The number of carbonyl (C=O) groups is 1. The maximum Gasteiger partial charge on any atom is 0.279 e. The fourth-order valence-electron chi connectivity index (χ4n) is 2.50. The van der Waals surface area contributed by atoms with Crippen molar-refractivity contribution in [1.29, 1.82) is 0 Å². The molecule has 1 amide bonds. The van der Waals surface area contributed by atoms with E-state index in [0.29, 0.717) is 30.1 Å². The molecule has 0 aliphatic carbocycles. The van der Waals surface area contributed by atoms with Gasteiger partial charge in [-0.2, -0.15) is 4.99 Å². The Labute approximate surface area is 153 Å². The van der Waals surface area contributed by atoms with Gasteiger partial charge < -0.3 is 9.30 Å². The number of non-ortho nitro benzene ring substituents is 1. The first-order chi connectivity index (χ1) is 12.6. The molecule has 0 atom stereocenters. The van der Waals surface area contributed by atoms with Gasteiger partial charge in [0.15, 0.2) is 4.80 Å². The van der Waals surface area contributed by atoms with Crippen LogP contribution < -0.4 is 4.80 Å². The van der Waals surface area contributed by atoms with Crippen LogP contribution in [-0.4, -0.2) is 28.6 Å². The van der Waals surface area contributed by atoms with Crippen LogP contribution in [0, 0.1) is 10.1 Å². The lowest BCUT2D eigenvalue weighted by Crippen LogP contribution is -2.19. The van der Waals surface area contributed by atoms with Crippen molar-refractivity contribution in [3.8, 4) is 0 Å². The molecular formula is C18H17N3O4S. The predicted octanol–water partition coefficient (Wildman–Crippen LogP) is 3.39. The molecule has 2 aromatic carbocycles. The third-order valence-corrected chi connectivity index (χ3v) is 4.83. The third kappa shape index (κ3) is 3.87. The van der Waals surface area contributed by atoms with Gasteiger partial charge in [-0.25, -0.2) is 0 Å². The molecule has 3 rings (SSSR count). The van der Waals surface area contributed by atoms with E-state index in [1.807, 2.05) is 35.8 Å². The van der Waals surface area contributed by atoms with Crippen molar-refractivity contribution in [3.63, 3.8) is 0 Å². The Morgan fingerprint density at radius 2 is 1.96 bits per heavy atom. The molecule has 1 aromatic heterocycles. The molecule has 0 saturated carbocycles. The number of nitro benzene ring substituents is 1. The number of hydrogen-bond acceptors (Lipinski definition) is 5. The summed E-state index contributed by atoms with van der Waals surface area (Å²) in [5.74, 6) is -0.434. The largest absolute Gasteiger partial charge is 0.380 e. The lowest BCUT2D eigenvalue weighted by Gasteiger charge is -2.05. The highest BCUT2D eigenvalue weighted by Crippen LogP contribution is 2.17. The number of nitrogens with zero attached hydrogens (tertiary/aromatic N) is 3. The van der Waals surface area contributed by atoms with E-state index in [-0.39, 0.29) is 5.69 Å². The van der Waals surface area contributed by atoms with Crippen molar-refractivity contribution in [1.82, 2.24) is 4.57 Å². The SMILES string of the molecule is CCOCCn1c(=NC(=O)c2ccc([N+](=O)[O-])cc2)sc2ccccc21. The summed E-state index contributed by atoms with van der Waals surface area (Å²) in [6.45, 7) is 3.66. The highest BCUT2D eigenvalue weighted by atomic mass is 32.1. The van der Waals surface area contributed by atoms with Crippen molar-refractivity contribution >= 4 is 33.1 Å². The van der Waals surface area contributed by atoms with E-state index in [9.17, 15) is 14.9 Å². The van der Waals surface area contributed by atoms with E-state index in [4.69, 9.17) is 4.74 Å². The second-order valence-corrected chi connectivity index (χ2v) is 6.43. The molecule has 0 aliphatic heterocycles. The smallest absolute Gasteiger partial charge is 0.279 e. The number of ether oxygens (including phenoxy) is 1. The topological polar surface area (TPSA) is 86.7 Å². The number of fused-ring (bicyclic) bond motifs is 1. The van der Waals surface area contributed by atoms with Crippen molar-refractivity contribution in [2.24, 2.45) is 4.99 Å². The number of carbonyl (C=O) groups excluding carboxylic acids is 1. The number of benzene rings is 2. The Balaban J connectivity index is 1.98. The van der Waals surface area contributed by atoms with Crippen LogP contribution in [0.3, 0.4) is 0 Å². The van der Waals surface area contributed by atoms with Crippen LogP contribution in [0.15, 0.2) is 53.5 Å². The summed E-state index contributed by atoms with van der Waals surface area (Å²) in [5, 5.41) is 10.7. The van der Waals surface area contributed by atoms with Crippen LogP contribution in [0.1, 0.15) is 17.3 Å². The van der Waals surface area contributed by atoms with E-state index in [1.165, 1.54) is 35.6 Å². The van der Waals surface area contributed by atoms with Gasteiger partial charge in [-0.15, -0.1) is 0 Å². The molecule has 0 spiro atoms. The van der Waals surface area contributed by atoms with E-state index < -0.39 is 10.8 Å². The summed E-state index contributed by atoms with van der Waals surface area (Å²) in [4.78, 5) is 27.5. The molecule has 3 aromatic rings. The molecule has 26 heavy (non-hydrogen) atoms. The number of hydrogen-bond donors (Lipinski definition) is 0. The molecule has 8 heteroatoms. The summed E-state index contributed by atoms with van der Waals surface area (Å²) in [7, 11) is 0. The fourth-order valence-corrected chi connectivity index (χ4v) is 3.55. The molecule has 0 aliphatic rings. The second-order valence-electron chi connectivity index (χ2n) is 5.42. The number of para-hydroxylation sites is 1. The fraction of sp³-hybridized carbons (Fsp3) is 0.222. The van der Waals surface area contributed by atoms with Gasteiger partial charge in [0.05, 0.1) is 21.7 Å². The zero-order chi connectivity index (χ0) is 18.5. The van der Waals surface area contributed by atoms with Gasteiger partial charge in [-0.05, 0) is 31.2 Å². The molecule has 0 saturated heterocycles. The lowest BCUT2D eigenvalue weighted by atomic mass is 10.2. The van der Waals surface area contributed by atoms with Crippen molar-refractivity contribution < 1.29 is 14.5 Å². The first kappa shape index (κ1) is 18.0. The average molecular weight is 371 g/mol. The van der Waals surface area contributed by atoms with Gasteiger partial charge >= 0.3 is 0 Å². The van der Waals surface area contributed by atoms with E-state index in [1.54, 1.807) is 0 Å². The van der Waals surface area contributed by atoms with Crippen molar-refractivity contribution in [2.75, 3.05) is 13.2 Å². The maximum absolute atomic E-state index is 12.5. The van der Waals surface area contributed by atoms with Gasteiger partial charge in [-0.1, -0.05) is 23.5 Å². The minimum absolute atomic E-state index is 0.0600. The Kier molecular flexibility index (Phi) is 5.55. The monoisotopic (exact) mass is 371 g/mol. The normalized spacial score (nSPS) is 11.8. The Bertz CT molecular complexity index is 1010. The van der Waals surface area contributed by atoms with Gasteiger partial charge in [0.1, 0.15) is 0 Å². The zero-order valence-electron chi connectivity index (χ0n) is 14.1. The summed E-state index contributed by atoms with van der Waals surface area (Å²) in [6.07, 6.45) is 0. The molecule has 1 heterocycles. The number of thiazole rings is 1. The van der Waals surface area contributed by atoms with Crippen LogP contribution >= 0.6 is 11.3 Å². The summed E-state index contributed by atoms with van der Waals surface area (Å²) in [5.41, 5.74) is 1.24. The van der Waals surface area contributed by atoms with Crippen LogP contribution in [0.25, 0.3) is 10.2 Å². The van der Waals surface area contributed by atoms with E-state index in [2.05, 4.69) is 4.99 Å². The predicted molar refractivity (Wildman–Crippen MR) is 99.3 cm³/mol. The Morgan fingerprint density at radius 3 is 2.65 bits per heavy atom. The number of amides is 1. The van der Waals surface area contributed by atoms with Gasteiger partial charge in [0, 0.05) is 30.8 Å². The van der Waals surface area contributed by atoms with Crippen LogP contribution in [0.2, 0.25) is 0 Å². The number of nitro groups is 1. The van der Waals surface area contributed by atoms with Crippen LogP contribution in [-0.2, 0) is 11.3 Å². The highest BCUT2D eigenvalue weighted by Gasteiger charge is 2.11. The molecule has 7 nitrogen and oxygen atoms in total. The minimum atomic E-state index is -0.501. The number of aromatic nitrogens is 1. The first-order valence-electron chi connectivity index (χ1n) is 8.09. The first-order valence-corrected chi connectivity index (χ1v) is 8.91. The van der Waals surface area contributed by atoms with Crippen LogP contribution in [0.4, 0.5) is 5.69 Å². The molecule has 134 valence electrons. The standard InChI is InChI=1S/C18H17N3O4S/c1-2-25-12-11-20-15-5-3-4-6-16(15)26-18(20)19-17(22)13-7-9-14(10-8-13)21(23)24/h3-10H,2,11-12H2,1H3. The average Bonchev–Trinajstić information content (AvgIpc) is 2.99. The van der Waals surface area contributed by atoms with Crippen molar-refractivity contribution in [3.05, 3.63) is 69.0 Å². The minimum Gasteiger partial charge on any atom is -0.380 e. The molecule has 0 fully saturated rings. The summed E-state index contributed by atoms with van der Waals surface area (Å²) < 4.78 is 8.41. The molecule has 0 unspecified atom stereocenters. The maximum atomic E-state index is 12.5. The summed E-state index contributed by atoms with van der Waals surface area (Å²) in [6, 6.07) is 13.3. The Hall–Kier alpha value is -2.84. The van der Waals surface area contributed by atoms with Gasteiger partial charge in [-0.3, -0.25) is 14.9 Å². The van der Waals surface area contributed by atoms with Crippen molar-refractivity contribution in [2.45, 2.75) is 13.5 Å². The van der Waals surface area contributed by atoms with E-state index >= 15 is 0 Å². The van der Waals surface area contributed by atoms with E-state index in [0.717, 1.165) is 10.2 Å². The number of rotatable bonds is 6. The third-order valence-electron chi connectivity index (χ3n) is 3.77. The highest BCUT2D eigenvalue weighted by molar-refractivity contribution is 7.16. The van der Waals surface area contributed by atoms with Gasteiger partial charge in [0.2, 0.25) is 0 Å². The Morgan fingerprint density at radius 1 is 1.23 bits per heavy atom. The molecule has 0 radical (unpaired) electrons. The lowest BCUT2D eigenvalue weighted by molar-refractivity contribution is -0.384. The molecule has 0 N–H and O–H groups in total. The zero-order valence-corrected chi connectivity index (χ0v) is 14.9. The quantitative estimate of drug-likeness (QED) is 0.377. The van der Waals surface area contributed by atoms with Gasteiger partial charge in [0.25, 0.3) is 11.6 Å². The molecule has 0 bridgehead atoms. The summed E-state index contributed by atoms with van der Waals surface area (Å²) >= 11 is 1.42. The van der Waals surface area contributed by atoms with Crippen LogP contribution in [0.5, 0.6) is 0 Å². The molecular weight excluding hydrogens is 354 g/mol. The second kappa shape index (κ2) is 8.03.